The van der Waals surface area contributed by atoms with Gasteiger partial charge in [-0.3, -0.25) is 10.2 Å². The summed E-state index contributed by atoms with van der Waals surface area (Å²) in [5.74, 6) is -1.48. The minimum absolute atomic E-state index is 0.0762. The van der Waals surface area contributed by atoms with Crippen molar-refractivity contribution in [3.8, 4) is 17.4 Å². The van der Waals surface area contributed by atoms with Crippen LogP contribution in [0.5, 0.6) is 17.4 Å². The predicted octanol–water partition coefficient (Wildman–Crippen LogP) is 0.824. The summed E-state index contributed by atoms with van der Waals surface area (Å²) in [6, 6.07) is 8.97. The first-order chi connectivity index (χ1) is 13.6. The van der Waals surface area contributed by atoms with Crippen LogP contribution in [0.1, 0.15) is 10.5 Å². The van der Waals surface area contributed by atoms with E-state index in [1.54, 1.807) is 6.07 Å². The molecular weight excluding hydrogens is 402 g/mol. The zero-order chi connectivity index (χ0) is 21.8. The van der Waals surface area contributed by atoms with Gasteiger partial charge in [-0.2, -0.15) is 5.01 Å². The van der Waals surface area contributed by atoms with Gasteiger partial charge < -0.3 is 19.9 Å². The van der Waals surface area contributed by atoms with Gasteiger partial charge in [-0.25, -0.2) is 13.4 Å². The molecule has 156 valence electrons. The molecule has 29 heavy (non-hydrogen) atoms. The van der Waals surface area contributed by atoms with E-state index < -0.39 is 21.9 Å². The highest BCUT2D eigenvalue weighted by molar-refractivity contribution is 7.89. The molecule has 0 radical (unpaired) electrons. The van der Waals surface area contributed by atoms with Crippen LogP contribution in [0.15, 0.2) is 36.4 Å². The van der Waals surface area contributed by atoms with E-state index in [1.807, 2.05) is 0 Å². The predicted molar refractivity (Wildman–Crippen MR) is 106 cm³/mol. The molecule has 0 bridgehead atoms. The van der Waals surface area contributed by atoms with Crippen LogP contribution in [-0.4, -0.2) is 57.3 Å². The number of nitrogens with zero attached hydrogens (tertiary/aromatic N) is 3. The molecule has 0 aliphatic carbocycles. The number of nitrogens with two attached hydrogens (primary N) is 1. The van der Waals surface area contributed by atoms with Crippen LogP contribution >= 0.6 is 0 Å². The third-order valence-electron chi connectivity index (χ3n) is 3.66. The number of hydrazine groups is 1. The summed E-state index contributed by atoms with van der Waals surface area (Å²) < 4.78 is 40.8. The minimum atomic E-state index is -4.21. The number of anilines is 1. The number of nitrogens with one attached hydrogen (secondary N) is 1. The van der Waals surface area contributed by atoms with Crippen molar-refractivity contribution >= 4 is 27.6 Å². The van der Waals surface area contributed by atoms with Crippen molar-refractivity contribution < 1.29 is 27.4 Å². The summed E-state index contributed by atoms with van der Waals surface area (Å²) in [5, 5.41) is 8.44. The van der Waals surface area contributed by atoms with Crippen LogP contribution in [0.4, 0.5) is 5.69 Å². The number of carbonyl (C=O) groups is 1. The Hall–Kier alpha value is -3.54. The molecule has 2 aromatic rings. The molecule has 0 spiro atoms. The summed E-state index contributed by atoms with van der Waals surface area (Å²) in [5.41, 5.74) is 5.29. The number of methoxy groups -OCH3 is 3. The van der Waals surface area contributed by atoms with Crippen molar-refractivity contribution in [1.82, 2.24) is 9.40 Å². The summed E-state index contributed by atoms with van der Waals surface area (Å²) in [6.45, 7) is 0. The van der Waals surface area contributed by atoms with Crippen molar-refractivity contribution in [3.63, 3.8) is 0 Å². The van der Waals surface area contributed by atoms with E-state index >= 15 is 0 Å². The van der Waals surface area contributed by atoms with Crippen LogP contribution in [0.2, 0.25) is 0 Å². The highest BCUT2D eigenvalue weighted by Gasteiger charge is 2.37. The molecule has 0 saturated heterocycles. The molecule has 0 aliphatic heterocycles. The molecule has 0 fully saturated rings. The van der Waals surface area contributed by atoms with Gasteiger partial charge in [0.25, 0.3) is 15.9 Å². The number of hydrogen-bond acceptors (Lipinski definition) is 8. The van der Waals surface area contributed by atoms with Gasteiger partial charge >= 0.3 is 0 Å². The Labute approximate surface area is 168 Å². The second-order valence-electron chi connectivity index (χ2n) is 5.58. The zero-order valence-electron chi connectivity index (χ0n) is 16.2. The van der Waals surface area contributed by atoms with Gasteiger partial charge in [0.15, 0.2) is 5.69 Å². The maximum atomic E-state index is 13.4. The average molecular weight is 423 g/mol. The fourth-order valence-corrected chi connectivity index (χ4v) is 3.32. The summed E-state index contributed by atoms with van der Waals surface area (Å²) >= 11 is 0. The Bertz CT molecular complexity index is 1000. The number of rotatable bonds is 6. The van der Waals surface area contributed by atoms with Gasteiger partial charge in [-0.1, -0.05) is 12.1 Å². The highest BCUT2D eigenvalue weighted by Crippen LogP contribution is 2.39. The number of guanidine groups is 1. The molecule has 12 heteroatoms. The molecule has 2 rings (SSSR count). The first kappa shape index (κ1) is 21.8. The van der Waals surface area contributed by atoms with E-state index in [-0.39, 0.29) is 28.8 Å². The molecular formula is C17H21N5O6S. The van der Waals surface area contributed by atoms with E-state index in [0.717, 1.165) is 6.26 Å². The highest BCUT2D eigenvalue weighted by atomic mass is 32.2. The molecule has 1 amide bonds. The lowest BCUT2D eigenvalue weighted by molar-refractivity contribution is 0.0952. The number of amides is 1. The molecule has 0 atom stereocenters. The van der Waals surface area contributed by atoms with Gasteiger partial charge in [-0.15, -0.1) is 4.41 Å². The SMILES string of the molecule is COc1cccc(C(=O)N(c2c(OC)cccc2OC)N(C(=N)N)S(C)(=O)=O)n1. The summed E-state index contributed by atoms with van der Waals surface area (Å²) in [7, 11) is -0.167. The maximum absolute atomic E-state index is 13.4. The number of pyridine rings is 1. The van der Waals surface area contributed by atoms with Gasteiger partial charge in [0.1, 0.15) is 17.2 Å². The van der Waals surface area contributed by atoms with E-state index in [0.29, 0.717) is 9.42 Å². The quantitative estimate of drug-likeness (QED) is 0.394. The number of benzene rings is 1. The van der Waals surface area contributed by atoms with Gasteiger partial charge in [0, 0.05) is 6.07 Å². The number of carbonyl (C=O) groups excluding carboxylic acids is 1. The summed E-state index contributed by atoms with van der Waals surface area (Å²) in [6.07, 6.45) is 0.801. The van der Waals surface area contributed by atoms with E-state index in [2.05, 4.69) is 4.98 Å². The number of hydrogen-bond donors (Lipinski definition) is 2. The van der Waals surface area contributed by atoms with Crippen LogP contribution in [-0.2, 0) is 10.0 Å². The summed E-state index contributed by atoms with van der Waals surface area (Å²) in [4.78, 5) is 17.4. The maximum Gasteiger partial charge on any atom is 0.297 e. The molecule has 11 nitrogen and oxygen atoms in total. The third-order valence-corrected chi connectivity index (χ3v) is 4.65. The molecule has 1 aromatic heterocycles. The van der Waals surface area contributed by atoms with Crippen molar-refractivity contribution in [3.05, 3.63) is 42.1 Å². The van der Waals surface area contributed by atoms with Crippen molar-refractivity contribution in [2.75, 3.05) is 32.6 Å². The van der Waals surface area contributed by atoms with Crippen molar-refractivity contribution in [2.24, 2.45) is 5.73 Å². The Balaban J connectivity index is 2.84. The van der Waals surface area contributed by atoms with Crippen LogP contribution in [0, 0.1) is 5.41 Å². The second kappa shape index (κ2) is 8.65. The van der Waals surface area contributed by atoms with Gasteiger partial charge in [-0.05, 0) is 18.2 Å². The lowest BCUT2D eigenvalue weighted by Gasteiger charge is -2.34. The lowest BCUT2D eigenvalue weighted by atomic mass is 10.2. The largest absolute Gasteiger partial charge is 0.494 e. The number of ether oxygens (including phenoxy) is 3. The number of sulfonamides is 1. The van der Waals surface area contributed by atoms with Gasteiger partial charge in [0.05, 0.1) is 27.6 Å². The monoisotopic (exact) mass is 423 g/mol. The fourth-order valence-electron chi connectivity index (χ4n) is 2.51. The Kier molecular flexibility index (Phi) is 6.49. The molecule has 3 N–H and O–H groups in total. The number of para-hydroxylation sites is 1. The Morgan fingerprint density at radius 2 is 1.59 bits per heavy atom. The normalized spacial score (nSPS) is 10.8. The first-order valence-corrected chi connectivity index (χ1v) is 9.91. The molecule has 1 aromatic carbocycles. The smallest absolute Gasteiger partial charge is 0.297 e. The Morgan fingerprint density at radius 3 is 2.03 bits per heavy atom. The van der Waals surface area contributed by atoms with Crippen molar-refractivity contribution in [2.45, 2.75) is 0 Å². The average Bonchev–Trinajstić information content (AvgIpc) is 2.69. The van der Waals surface area contributed by atoms with Crippen LogP contribution < -0.4 is 25.0 Å². The standard InChI is InChI=1S/C17H21N5O6S/c1-26-12-8-6-9-13(27-2)15(12)21(22(17(18)19)29(4,24)25)16(23)11-7-5-10-14(20-11)28-3/h5-10H,1-4H3,(H3,18,19). The number of aromatic nitrogens is 1. The topological polar surface area (TPSA) is 148 Å². The molecule has 1 heterocycles. The lowest BCUT2D eigenvalue weighted by Crippen LogP contribution is -2.55. The van der Waals surface area contributed by atoms with Crippen LogP contribution in [0.25, 0.3) is 0 Å². The van der Waals surface area contributed by atoms with E-state index in [1.165, 1.54) is 51.7 Å². The van der Waals surface area contributed by atoms with Crippen molar-refractivity contribution in [1.29, 1.82) is 5.41 Å². The van der Waals surface area contributed by atoms with E-state index in [4.69, 9.17) is 25.4 Å². The Morgan fingerprint density at radius 1 is 1.03 bits per heavy atom. The molecule has 0 saturated carbocycles. The zero-order valence-corrected chi connectivity index (χ0v) is 17.1. The van der Waals surface area contributed by atoms with Gasteiger partial charge in [0.2, 0.25) is 11.8 Å². The first-order valence-electron chi connectivity index (χ1n) is 8.06. The third kappa shape index (κ3) is 4.48. The van der Waals surface area contributed by atoms with Crippen LogP contribution in [0.3, 0.4) is 0 Å². The second-order valence-corrected chi connectivity index (χ2v) is 7.40. The fraction of sp³-hybridized carbons (Fsp3) is 0.235. The van der Waals surface area contributed by atoms with E-state index in [9.17, 15) is 13.2 Å². The minimum Gasteiger partial charge on any atom is -0.494 e. The molecule has 0 aliphatic rings. The molecule has 0 unspecified atom stereocenters.